The zero-order valence-electron chi connectivity index (χ0n) is 18.9. The zero-order valence-corrected chi connectivity index (χ0v) is 18.9. The normalized spacial score (nSPS) is 13.3. The van der Waals surface area contributed by atoms with Crippen LogP contribution in [0.1, 0.15) is 46.8 Å². The molecular formula is C23H31N5O3. The van der Waals surface area contributed by atoms with E-state index in [4.69, 9.17) is 9.26 Å². The van der Waals surface area contributed by atoms with E-state index in [1.165, 1.54) is 32.4 Å². The van der Waals surface area contributed by atoms with Crippen LogP contribution in [-0.4, -0.2) is 41.0 Å². The Kier molecular flexibility index (Phi) is 7.46. The number of hydrogen-bond donors (Lipinski definition) is 2. The number of amides is 1. The topological polar surface area (TPSA) is 94.2 Å². The van der Waals surface area contributed by atoms with E-state index < -0.39 is 0 Å². The summed E-state index contributed by atoms with van der Waals surface area (Å²) in [6.07, 6.45) is 5.88. The minimum absolute atomic E-state index is 0.215. The van der Waals surface area contributed by atoms with Gasteiger partial charge in [-0.25, -0.2) is 0 Å². The molecule has 0 unspecified atom stereocenters. The predicted octanol–water partition coefficient (Wildman–Crippen LogP) is 4.02. The predicted molar refractivity (Wildman–Crippen MR) is 121 cm³/mol. The Morgan fingerprint density at radius 1 is 1.19 bits per heavy atom. The zero-order chi connectivity index (χ0) is 22.4. The van der Waals surface area contributed by atoms with E-state index in [2.05, 4.69) is 20.9 Å². The van der Waals surface area contributed by atoms with Gasteiger partial charge in [0.15, 0.2) is 0 Å². The Labute approximate surface area is 183 Å². The molecule has 0 spiro atoms. The van der Waals surface area contributed by atoms with Crippen molar-refractivity contribution in [3.8, 4) is 16.9 Å². The lowest BCUT2D eigenvalue weighted by atomic mass is 10.0. The molecular weight excluding hydrogens is 394 g/mol. The average Bonchev–Trinajstić information content (AvgIpc) is 3.29. The van der Waals surface area contributed by atoms with Crippen molar-refractivity contribution in [3.05, 3.63) is 47.1 Å². The number of piperidine rings is 1. The second-order valence-electron chi connectivity index (χ2n) is 7.68. The van der Waals surface area contributed by atoms with Crippen LogP contribution in [0, 0.1) is 20.8 Å². The highest BCUT2D eigenvalue weighted by molar-refractivity contribution is 6.04. The van der Waals surface area contributed by atoms with Gasteiger partial charge in [0, 0.05) is 18.3 Å². The van der Waals surface area contributed by atoms with Crippen molar-refractivity contribution in [3.63, 3.8) is 0 Å². The molecule has 166 valence electrons. The third kappa shape index (κ3) is 5.32. The molecule has 1 saturated heterocycles. The van der Waals surface area contributed by atoms with Crippen LogP contribution in [0.15, 0.2) is 28.9 Å². The van der Waals surface area contributed by atoms with E-state index in [0.29, 0.717) is 22.9 Å². The summed E-state index contributed by atoms with van der Waals surface area (Å²) in [6, 6.07) is 5.46. The number of ether oxygens (including phenoxy) is 1. The van der Waals surface area contributed by atoms with E-state index in [1.807, 2.05) is 32.9 Å². The largest absolute Gasteiger partial charge is 0.496 e. The maximum atomic E-state index is 12.6. The molecule has 2 aromatic heterocycles. The monoisotopic (exact) mass is 425 g/mol. The molecule has 0 radical (unpaired) electrons. The minimum Gasteiger partial charge on any atom is -0.496 e. The summed E-state index contributed by atoms with van der Waals surface area (Å²) in [7, 11) is 3.35. The number of methoxy groups -OCH3 is 1. The molecule has 1 aliphatic rings. The number of rotatable bonds is 4. The van der Waals surface area contributed by atoms with Crippen molar-refractivity contribution >= 4 is 11.6 Å². The van der Waals surface area contributed by atoms with Crippen LogP contribution in [0.5, 0.6) is 5.75 Å². The van der Waals surface area contributed by atoms with Gasteiger partial charge < -0.3 is 19.9 Å². The lowest BCUT2D eigenvalue weighted by Crippen LogP contribution is -2.21. The molecule has 1 aliphatic heterocycles. The van der Waals surface area contributed by atoms with Gasteiger partial charge in [-0.2, -0.15) is 5.10 Å². The van der Waals surface area contributed by atoms with Gasteiger partial charge >= 0.3 is 0 Å². The van der Waals surface area contributed by atoms with Crippen molar-refractivity contribution < 1.29 is 14.1 Å². The fourth-order valence-electron chi connectivity index (χ4n) is 3.71. The Hall–Kier alpha value is -3.13. The number of nitrogens with one attached hydrogen (secondary N) is 2. The highest BCUT2D eigenvalue weighted by Crippen LogP contribution is 2.36. The van der Waals surface area contributed by atoms with Gasteiger partial charge in [-0.05, 0) is 70.5 Å². The number of carbonyl (C=O) groups excluding carboxylic acids is 1. The Bertz CT molecular complexity index is 983. The van der Waals surface area contributed by atoms with E-state index in [1.54, 1.807) is 31.1 Å². The summed E-state index contributed by atoms with van der Waals surface area (Å²) in [5.41, 5.74) is 4.44. The van der Waals surface area contributed by atoms with Crippen molar-refractivity contribution in [2.24, 2.45) is 7.05 Å². The first-order valence-corrected chi connectivity index (χ1v) is 10.5. The molecule has 1 fully saturated rings. The molecule has 1 amide bonds. The fourth-order valence-corrected chi connectivity index (χ4v) is 3.71. The van der Waals surface area contributed by atoms with Gasteiger partial charge in [-0.3, -0.25) is 9.48 Å². The van der Waals surface area contributed by atoms with E-state index in [0.717, 1.165) is 22.4 Å². The minimum atomic E-state index is -0.215. The second-order valence-corrected chi connectivity index (χ2v) is 7.68. The molecule has 2 N–H and O–H groups in total. The molecule has 4 rings (SSSR count). The van der Waals surface area contributed by atoms with Gasteiger partial charge in [0.1, 0.15) is 17.2 Å². The summed E-state index contributed by atoms with van der Waals surface area (Å²) in [5, 5.41) is 14.3. The lowest BCUT2D eigenvalue weighted by molar-refractivity contribution is 0.101. The second kappa shape index (κ2) is 10.3. The van der Waals surface area contributed by atoms with Gasteiger partial charge in [0.25, 0.3) is 5.91 Å². The first-order valence-electron chi connectivity index (χ1n) is 10.5. The highest BCUT2D eigenvalue weighted by Gasteiger charge is 2.19. The van der Waals surface area contributed by atoms with Crippen molar-refractivity contribution in [1.82, 2.24) is 20.3 Å². The molecule has 8 heteroatoms. The smallest absolute Gasteiger partial charge is 0.274 e. The number of aromatic nitrogens is 3. The van der Waals surface area contributed by atoms with Gasteiger partial charge in [-0.15, -0.1) is 0 Å². The molecule has 31 heavy (non-hydrogen) atoms. The van der Waals surface area contributed by atoms with Gasteiger partial charge in [0.2, 0.25) is 0 Å². The number of anilines is 1. The maximum absolute atomic E-state index is 12.6. The molecule has 3 aromatic rings. The molecule has 0 saturated carbocycles. The van der Waals surface area contributed by atoms with Crippen LogP contribution in [0.4, 0.5) is 5.69 Å². The molecule has 0 bridgehead atoms. The summed E-state index contributed by atoms with van der Waals surface area (Å²) >= 11 is 0. The van der Waals surface area contributed by atoms with Gasteiger partial charge in [-0.1, -0.05) is 11.6 Å². The number of hydrogen-bond acceptors (Lipinski definition) is 6. The van der Waals surface area contributed by atoms with Crippen molar-refractivity contribution in [2.75, 3.05) is 25.5 Å². The molecule has 1 aromatic carbocycles. The Morgan fingerprint density at radius 3 is 2.42 bits per heavy atom. The van der Waals surface area contributed by atoms with Crippen LogP contribution >= 0.6 is 0 Å². The fraction of sp³-hybridized carbons (Fsp3) is 0.435. The molecule has 0 atom stereocenters. The molecule has 0 aliphatic carbocycles. The first kappa shape index (κ1) is 22.6. The summed E-state index contributed by atoms with van der Waals surface area (Å²) in [6.45, 7) is 8.07. The molecule has 3 heterocycles. The van der Waals surface area contributed by atoms with Crippen LogP contribution in [-0.2, 0) is 7.05 Å². The van der Waals surface area contributed by atoms with Crippen LogP contribution in [0.2, 0.25) is 0 Å². The van der Waals surface area contributed by atoms with E-state index >= 15 is 0 Å². The quantitative estimate of drug-likeness (QED) is 0.656. The number of nitrogens with zero attached hydrogens (tertiary/aromatic N) is 3. The molecule has 8 nitrogen and oxygen atoms in total. The van der Waals surface area contributed by atoms with Crippen LogP contribution < -0.4 is 15.4 Å². The number of carbonyl (C=O) groups is 1. The van der Waals surface area contributed by atoms with Crippen LogP contribution in [0.3, 0.4) is 0 Å². The average molecular weight is 426 g/mol. The Morgan fingerprint density at radius 2 is 1.94 bits per heavy atom. The SMILES string of the molecule is C1CCNCC1.COc1ccc(NC(=O)c2c(C)cnn2C)cc1-c1c(C)noc1C. The third-order valence-electron chi connectivity index (χ3n) is 5.30. The summed E-state index contributed by atoms with van der Waals surface area (Å²) in [5.74, 6) is 1.17. The third-order valence-corrected chi connectivity index (χ3v) is 5.30. The standard InChI is InChI=1S/C18H20N4O3.C5H11N/c1-10-9-19-22(4)17(10)18(23)20-13-6-7-15(24-5)14(8-13)16-11(2)21-25-12(16)3;1-2-4-6-5-3-1/h6-9H,1-5H3,(H,20,23);6H,1-5H2. The lowest BCUT2D eigenvalue weighted by Gasteiger charge is -2.12. The van der Waals surface area contributed by atoms with E-state index in [9.17, 15) is 4.79 Å². The van der Waals surface area contributed by atoms with Crippen LogP contribution in [0.25, 0.3) is 11.1 Å². The van der Waals surface area contributed by atoms with E-state index in [-0.39, 0.29) is 5.91 Å². The number of aryl methyl sites for hydroxylation is 4. The Balaban J connectivity index is 0.000000391. The summed E-state index contributed by atoms with van der Waals surface area (Å²) in [4.78, 5) is 12.6. The van der Waals surface area contributed by atoms with Crippen molar-refractivity contribution in [2.45, 2.75) is 40.0 Å². The van der Waals surface area contributed by atoms with Crippen molar-refractivity contribution in [1.29, 1.82) is 0 Å². The van der Waals surface area contributed by atoms with Gasteiger partial charge in [0.05, 0.1) is 24.6 Å². The number of benzene rings is 1. The summed E-state index contributed by atoms with van der Waals surface area (Å²) < 4.78 is 12.3. The maximum Gasteiger partial charge on any atom is 0.274 e. The highest BCUT2D eigenvalue weighted by atomic mass is 16.5. The first-order chi connectivity index (χ1) is 14.9.